The fourth-order valence-electron chi connectivity index (χ4n) is 1.82. The van der Waals surface area contributed by atoms with Gasteiger partial charge in [0, 0.05) is 22.7 Å². The van der Waals surface area contributed by atoms with E-state index in [0.29, 0.717) is 16.9 Å². The Kier molecular flexibility index (Phi) is 3.84. The first-order valence-electron chi connectivity index (χ1n) is 6.14. The highest BCUT2D eigenvalue weighted by Crippen LogP contribution is 2.16. The number of fused-ring (bicyclic) bond motifs is 1. The van der Waals surface area contributed by atoms with Crippen LogP contribution in [0.4, 0.5) is 5.95 Å². The van der Waals surface area contributed by atoms with E-state index in [2.05, 4.69) is 30.7 Å². The maximum absolute atomic E-state index is 8.49. The van der Waals surface area contributed by atoms with Gasteiger partial charge in [0.1, 0.15) is 0 Å². The van der Waals surface area contributed by atoms with Gasteiger partial charge in [-0.05, 0) is 6.07 Å². The van der Waals surface area contributed by atoms with Crippen LogP contribution >= 0.6 is 11.8 Å². The van der Waals surface area contributed by atoms with Crippen LogP contribution in [-0.2, 0) is 0 Å². The van der Waals surface area contributed by atoms with Crippen molar-refractivity contribution in [1.29, 1.82) is 5.26 Å². The Hall–Kier alpha value is -2.79. The number of aromatic nitrogens is 4. The summed E-state index contributed by atoms with van der Waals surface area (Å²) in [4.78, 5) is 7.32. The molecule has 3 N–H and O–H groups in total. The fourth-order valence-corrected chi connectivity index (χ4v) is 2.28. The minimum Gasteiger partial charge on any atom is -0.361 e. The molecule has 0 radical (unpaired) electrons. The van der Waals surface area contributed by atoms with Gasteiger partial charge in [0.2, 0.25) is 11.1 Å². The highest BCUT2D eigenvalue weighted by Gasteiger charge is 2.02. The SMILES string of the molecule is N#CCSc1n[nH]c(N/N=C/c2c[nH]c3ccccc23)n1. The summed E-state index contributed by atoms with van der Waals surface area (Å²) in [5.74, 6) is 0.752. The minimum absolute atomic E-state index is 0.315. The molecule has 8 heteroatoms. The van der Waals surface area contributed by atoms with Crippen LogP contribution in [0, 0.1) is 11.3 Å². The summed E-state index contributed by atoms with van der Waals surface area (Å²) in [6.07, 6.45) is 3.61. The van der Waals surface area contributed by atoms with Gasteiger partial charge in [-0.1, -0.05) is 30.0 Å². The largest absolute Gasteiger partial charge is 0.361 e. The quantitative estimate of drug-likeness (QED) is 0.381. The minimum atomic E-state index is 0.315. The second kappa shape index (κ2) is 6.11. The zero-order chi connectivity index (χ0) is 14.5. The fraction of sp³-hybridized carbons (Fsp3) is 0.0769. The van der Waals surface area contributed by atoms with Gasteiger partial charge < -0.3 is 4.98 Å². The molecule has 0 aliphatic rings. The van der Waals surface area contributed by atoms with E-state index >= 15 is 0 Å². The van der Waals surface area contributed by atoms with Gasteiger partial charge in [-0.15, -0.1) is 5.10 Å². The average molecular weight is 297 g/mol. The smallest absolute Gasteiger partial charge is 0.240 e. The van der Waals surface area contributed by atoms with Crippen molar-refractivity contribution < 1.29 is 0 Å². The standard InChI is InChI=1S/C13H11N7S/c14-5-6-21-13-17-12(19-20-13)18-16-8-9-7-15-11-4-2-1-3-10(9)11/h1-4,7-8,15H,6H2,(H2,17,18,19,20)/b16-8+. The number of hydrogen-bond donors (Lipinski definition) is 3. The van der Waals surface area contributed by atoms with E-state index in [1.165, 1.54) is 11.8 Å². The number of rotatable bonds is 5. The lowest BCUT2D eigenvalue weighted by Crippen LogP contribution is -1.92. The summed E-state index contributed by atoms with van der Waals surface area (Å²) in [7, 11) is 0. The van der Waals surface area contributed by atoms with Gasteiger partial charge in [-0.25, -0.2) is 10.5 Å². The molecule has 7 nitrogen and oxygen atoms in total. The molecule has 3 aromatic rings. The molecule has 2 heterocycles. The summed E-state index contributed by atoms with van der Waals surface area (Å²) in [5, 5.41) is 20.9. The molecule has 0 aliphatic heterocycles. The molecule has 0 fully saturated rings. The Bertz CT molecular complexity index is 811. The number of nitriles is 1. The lowest BCUT2D eigenvalue weighted by atomic mass is 10.2. The second-order valence-electron chi connectivity index (χ2n) is 4.07. The third-order valence-electron chi connectivity index (χ3n) is 2.73. The molecule has 0 atom stereocenters. The number of nitrogens with zero attached hydrogens (tertiary/aromatic N) is 4. The summed E-state index contributed by atoms with van der Waals surface area (Å²) in [6, 6.07) is 10.0. The number of nitrogens with one attached hydrogen (secondary N) is 3. The van der Waals surface area contributed by atoms with Crippen LogP contribution in [0.5, 0.6) is 0 Å². The Labute approximate surface area is 124 Å². The number of para-hydroxylation sites is 1. The molecule has 3 rings (SSSR count). The van der Waals surface area contributed by atoms with E-state index in [1.807, 2.05) is 36.5 Å². The molecule has 0 aliphatic carbocycles. The first kappa shape index (κ1) is 13.2. The second-order valence-corrected chi connectivity index (χ2v) is 5.02. The van der Waals surface area contributed by atoms with Crippen molar-refractivity contribution in [2.75, 3.05) is 11.2 Å². The van der Waals surface area contributed by atoms with Crippen molar-refractivity contribution in [2.24, 2.45) is 5.10 Å². The van der Waals surface area contributed by atoms with Crippen molar-refractivity contribution >= 4 is 34.8 Å². The zero-order valence-electron chi connectivity index (χ0n) is 10.9. The Morgan fingerprint density at radius 1 is 1.43 bits per heavy atom. The number of hydrazone groups is 1. The predicted molar refractivity (Wildman–Crippen MR) is 82.2 cm³/mol. The Morgan fingerprint density at radius 2 is 2.33 bits per heavy atom. The maximum atomic E-state index is 8.49. The van der Waals surface area contributed by atoms with Crippen LogP contribution in [0.15, 0.2) is 40.7 Å². The van der Waals surface area contributed by atoms with Crippen LogP contribution in [0.1, 0.15) is 5.56 Å². The molecule has 0 saturated carbocycles. The van der Waals surface area contributed by atoms with Crippen molar-refractivity contribution in [1.82, 2.24) is 20.2 Å². The third kappa shape index (κ3) is 3.04. The molecule has 104 valence electrons. The number of benzene rings is 1. The van der Waals surface area contributed by atoms with Crippen molar-refractivity contribution in [2.45, 2.75) is 5.16 Å². The molecule has 21 heavy (non-hydrogen) atoms. The van der Waals surface area contributed by atoms with Crippen molar-refractivity contribution in [3.63, 3.8) is 0 Å². The number of H-pyrrole nitrogens is 2. The van der Waals surface area contributed by atoms with E-state index in [1.54, 1.807) is 6.21 Å². The van der Waals surface area contributed by atoms with Crippen molar-refractivity contribution in [3.8, 4) is 6.07 Å². The van der Waals surface area contributed by atoms with Crippen LogP contribution in [-0.4, -0.2) is 32.1 Å². The van der Waals surface area contributed by atoms with Crippen molar-refractivity contribution in [3.05, 3.63) is 36.0 Å². The van der Waals surface area contributed by atoms with Crippen LogP contribution in [0.3, 0.4) is 0 Å². The highest BCUT2D eigenvalue weighted by molar-refractivity contribution is 7.99. The third-order valence-corrected chi connectivity index (χ3v) is 3.44. The van der Waals surface area contributed by atoms with E-state index in [0.717, 1.165) is 16.5 Å². The van der Waals surface area contributed by atoms with Gasteiger partial charge >= 0.3 is 0 Å². The molecule has 0 bridgehead atoms. The molecular weight excluding hydrogens is 286 g/mol. The molecule has 0 unspecified atom stereocenters. The van der Waals surface area contributed by atoms with Gasteiger partial charge in [0.05, 0.1) is 18.0 Å². The summed E-state index contributed by atoms with van der Waals surface area (Å²) in [5.41, 5.74) is 4.82. The van der Waals surface area contributed by atoms with Gasteiger partial charge in [-0.3, -0.25) is 0 Å². The topological polar surface area (TPSA) is 106 Å². The van der Waals surface area contributed by atoms with Crippen LogP contribution in [0.25, 0.3) is 10.9 Å². The summed E-state index contributed by atoms with van der Waals surface area (Å²) in [6.45, 7) is 0. The van der Waals surface area contributed by atoms with E-state index < -0.39 is 0 Å². The predicted octanol–water partition coefficient (Wildman–Crippen LogP) is 2.35. The summed E-state index contributed by atoms with van der Waals surface area (Å²) < 4.78 is 0. The molecule has 1 aromatic carbocycles. The lowest BCUT2D eigenvalue weighted by molar-refractivity contribution is 0.975. The molecule has 0 saturated heterocycles. The number of thioether (sulfide) groups is 1. The first-order chi connectivity index (χ1) is 10.4. The monoisotopic (exact) mass is 297 g/mol. The van der Waals surface area contributed by atoms with Crippen LogP contribution in [0.2, 0.25) is 0 Å². The average Bonchev–Trinajstić information content (AvgIpc) is 3.13. The van der Waals surface area contributed by atoms with Gasteiger partial charge in [-0.2, -0.15) is 15.3 Å². The van der Waals surface area contributed by atoms with Crippen LogP contribution < -0.4 is 5.43 Å². The first-order valence-corrected chi connectivity index (χ1v) is 7.13. The lowest BCUT2D eigenvalue weighted by Gasteiger charge is -1.92. The number of aromatic amines is 2. The van der Waals surface area contributed by atoms with E-state index in [9.17, 15) is 0 Å². The van der Waals surface area contributed by atoms with Gasteiger partial charge in [0.25, 0.3) is 0 Å². The van der Waals surface area contributed by atoms with E-state index in [4.69, 9.17) is 5.26 Å². The number of hydrogen-bond acceptors (Lipinski definition) is 6. The Balaban J connectivity index is 1.67. The molecule has 0 spiro atoms. The van der Waals surface area contributed by atoms with E-state index in [-0.39, 0.29) is 0 Å². The molecule has 0 amide bonds. The normalized spacial score (nSPS) is 11.0. The molecular formula is C13H11N7S. The Morgan fingerprint density at radius 3 is 3.24 bits per heavy atom. The zero-order valence-corrected chi connectivity index (χ0v) is 11.7. The summed E-state index contributed by atoms with van der Waals surface area (Å²) >= 11 is 1.26. The number of anilines is 1. The molecule has 2 aromatic heterocycles. The highest BCUT2D eigenvalue weighted by atomic mass is 32.2. The maximum Gasteiger partial charge on any atom is 0.240 e. The van der Waals surface area contributed by atoms with Gasteiger partial charge in [0.15, 0.2) is 0 Å².